The lowest BCUT2D eigenvalue weighted by atomic mass is 9.94. The van der Waals surface area contributed by atoms with Crippen molar-refractivity contribution in [3.05, 3.63) is 52.3 Å². The first-order chi connectivity index (χ1) is 10.1. The van der Waals surface area contributed by atoms with E-state index < -0.39 is 6.10 Å². The molecule has 4 nitrogen and oxygen atoms in total. The van der Waals surface area contributed by atoms with E-state index in [4.69, 9.17) is 4.74 Å². The molecule has 0 amide bonds. The average Bonchev–Trinajstić information content (AvgIpc) is 2.87. The van der Waals surface area contributed by atoms with Crippen LogP contribution < -0.4 is 0 Å². The van der Waals surface area contributed by atoms with Gasteiger partial charge in [-0.05, 0) is 33.8 Å². The molecule has 1 aromatic carbocycles. The van der Waals surface area contributed by atoms with Crippen molar-refractivity contribution in [1.82, 2.24) is 9.78 Å². The van der Waals surface area contributed by atoms with E-state index in [1.165, 1.54) is 5.56 Å². The zero-order chi connectivity index (χ0) is 15.2. The summed E-state index contributed by atoms with van der Waals surface area (Å²) < 4.78 is 7.72. The van der Waals surface area contributed by atoms with Gasteiger partial charge in [0.2, 0.25) is 0 Å². The first-order valence-corrected chi connectivity index (χ1v) is 7.86. The summed E-state index contributed by atoms with van der Waals surface area (Å²) in [6, 6.07) is 10.2. The number of aliphatic hydroxyl groups excluding tert-OH is 1. The van der Waals surface area contributed by atoms with Crippen molar-refractivity contribution in [1.29, 1.82) is 0 Å². The van der Waals surface area contributed by atoms with Crippen LogP contribution in [0.25, 0.3) is 0 Å². The normalized spacial score (nSPS) is 14.1. The zero-order valence-electron chi connectivity index (χ0n) is 12.4. The minimum Gasteiger partial charge on any atom is -0.387 e. The van der Waals surface area contributed by atoms with Gasteiger partial charge in [-0.25, -0.2) is 0 Å². The highest BCUT2D eigenvalue weighted by Gasteiger charge is 2.20. The fourth-order valence-corrected chi connectivity index (χ4v) is 2.98. The summed E-state index contributed by atoms with van der Waals surface area (Å²) in [6.07, 6.45) is 1.82. The molecule has 0 aliphatic heterocycles. The predicted octanol–water partition coefficient (Wildman–Crippen LogP) is 3.52. The number of ether oxygens (including phenoxy) is 1. The third-order valence-corrected chi connectivity index (χ3v) is 4.21. The second-order valence-electron chi connectivity index (χ2n) is 5.16. The molecule has 114 valence electrons. The fourth-order valence-electron chi connectivity index (χ4n) is 2.42. The van der Waals surface area contributed by atoms with Crippen molar-refractivity contribution < 1.29 is 9.84 Å². The van der Waals surface area contributed by atoms with E-state index in [0.717, 1.165) is 10.2 Å². The van der Waals surface area contributed by atoms with Crippen molar-refractivity contribution in [2.45, 2.75) is 31.9 Å². The molecule has 2 aromatic rings. The Morgan fingerprint density at radius 1 is 1.33 bits per heavy atom. The first kappa shape index (κ1) is 16.2. The maximum Gasteiger partial charge on any atom is 0.0973 e. The van der Waals surface area contributed by atoms with Gasteiger partial charge in [0.25, 0.3) is 0 Å². The van der Waals surface area contributed by atoms with E-state index in [1.807, 2.05) is 18.2 Å². The lowest BCUT2D eigenvalue weighted by Gasteiger charge is -2.18. The van der Waals surface area contributed by atoms with E-state index in [9.17, 15) is 5.11 Å². The minimum atomic E-state index is -0.561. The number of methoxy groups -OCH3 is 1. The van der Waals surface area contributed by atoms with Crippen molar-refractivity contribution in [3.8, 4) is 0 Å². The van der Waals surface area contributed by atoms with Crippen LogP contribution in [-0.2, 0) is 11.3 Å². The van der Waals surface area contributed by atoms with E-state index >= 15 is 0 Å². The van der Waals surface area contributed by atoms with Crippen molar-refractivity contribution in [2.75, 3.05) is 13.7 Å². The van der Waals surface area contributed by atoms with Gasteiger partial charge in [-0.1, -0.05) is 37.3 Å². The van der Waals surface area contributed by atoms with Gasteiger partial charge in [-0.2, -0.15) is 5.10 Å². The van der Waals surface area contributed by atoms with Gasteiger partial charge >= 0.3 is 0 Å². The number of rotatable bonds is 7. The molecule has 0 aliphatic rings. The topological polar surface area (TPSA) is 47.3 Å². The largest absolute Gasteiger partial charge is 0.387 e. The van der Waals surface area contributed by atoms with Crippen LogP contribution in [0.15, 0.2) is 41.0 Å². The van der Waals surface area contributed by atoms with Gasteiger partial charge in [-0.3, -0.25) is 4.68 Å². The molecule has 0 saturated heterocycles. The Bertz CT molecular complexity index is 557. The van der Waals surface area contributed by atoms with Crippen LogP contribution in [0.1, 0.15) is 36.6 Å². The van der Waals surface area contributed by atoms with Gasteiger partial charge in [-0.15, -0.1) is 0 Å². The van der Waals surface area contributed by atoms with Crippen molar-refractivity contribution >= 4 is 15.9 Å². The summed E-state index contributed by atoms with van der Waals surface area (Å²) in [5.41, 5.74) is 2.05. The SMILES string of the molecule is COCCn1ncc(Br)c1C(O)CC(C)c1ccccc1. The lowest BCUT2D eigenvalue weighted by Crippen LogP contribution is -2.14. The smallest absolute Gasteiger partial charge is 0.0973 e. The van der Waals surface area contributed by atoms with Gasteiger partial charge in [0.15, 0.2) is 0 Å². The minimum absolute atomic E-state index is 0.277. The second-order valence-corrected chi connectivity index (χ2v) is 6.01. The molecule has 0 bridgehead atoms. The molecule has 0 spiro atoms. The summed E-state index contributed by atoms with van der Waals surface area (Å²) in [6.45, 7) is 3.33. The van der Waals surface area contributed by atoms with E-state index in [-0.39, 0.29) is 5.92 Å². The monoisotopic (exact) mass is 352 g/mol. The third kappa shape index (κ3) is 4.15. The van der Waals surface area contributed by atoms with Gasteiger partial charge in [0.1, 0.15) is 0 Å². The van der Waals surface area contributed by atoms with Crippen LogP contribution in [0.4, 0.5) is 0 Å². The second kappa shape index (κ2) is 7.73. The maximum atomic E-state index is 10.6. The molecule has 0 aliphatic carbocycles. The van der Waals surface area contributed by atoms with Crippen LogP contribution in [-0.4, -0.2) is 28.6 Å². The molecule has 1 N–H and O–H groups in total. The predicted molar refractivity (Wildman–Crippen MR) is 86.2 cm³/mol. The summed E-state index contributed by atoms with van der Waals surface area (Å²) in [5.74, 6) is 0.277. The van der Waals surface area contributed by atoms with Gasteiger partial charge in [0, 0.05) is 7.11 Å². The third-order valence-electron chi connectivity index (χ3n) is 3.60. The number of hydrogen-bond acceptors (Lipinski definition) is 3. The standard InChI is InChI=1S/C16H21BrN2O2/c1-12(13-6-4-3-5-7-13)10-15(20)16-14(17)11-18-19(16)8-9-21-2/h3-7,11-12,15,20H,8-10H2,1-2H3. The molecule has 2 rings (SSSR count). The lowest BCUT2D eigenvalue weighted by molar-refractivity contribution is 0.139. The van der Waals surface area contributed by atoms with Crippen LogP contribution in [0, 0.1) is 0 Å². The summed E-state index contributed by atoms with van der Waals surface area (Å²) in [7, 11) is 1.66. The number of aromatic nitrogens is 2. The zero-order valence-corrected chi connectivity index (χ0v) is 14.0. The number of hydrogen-bond donors (Lipinski definition) is 1. The summed E-state index contributed by atoms with van der Waals surface area (Å²) in [5, 5.41) is 14.9. The van der Waals surface area contributed by atoms with E-state index in [1.54, 1.807) is 18.0 Å². The molecule has 0 fully saturated rings. The van der Waals surface area contributed by atoms with Crippen LogP contribution >= 0.6 is 15.9 Å². The molecule has 2 atom stereocenters. The molecule has 1 aromatic heterocycles. The number of nitrogens with zero attached hydrogens (tertiary/aromatic N) is 2. The highest BCUT2D eigenvalue weighted by atomic mass is 79.9. The molecule has 0 radical (unpaired) electrons. The number of aliphatic hydroxyl groups is 1. The van der Waals surface area contributed by atoms with E-state index in [0.29, 0.717) is 19.6 Å². The van der Waals surface area contributed by atoms with Crippen molar-refractivity contribution in [3.63, 3.8) is 0 Å². The van der Waals surface area contributed by atoms with Crippen LogP contribution in [0.5, 0.6) is 0 Å². The fraction of sp³-hybridized carbons (Fsp3) is 0.438. The summed E-state index contributed by atoms with van der Waals surface area (Å²) in [4.78, 5) is 0. The number of halogens is 1. The highest BCUT2D eigenvalue weighted by molar-refractivity contribution is 9.10. The van der Waals surface area contributed by atoms with Crippen LogP contribution in [0.3, 0.4) is 0 Å². The molecule has 2 unspecified atom stereocenters. The van der Waals surface area contributed by atoms with Gasteiger partial charge in [0.05, 0.1) is 35.6 Å². The molecule has 21 heavy (non-hydrogen) atoms. The molecular weight excluding hydrogens is 332 g/mol. The Morgan fingerprint density at radius 2 is 2.05 bits per heavy atom. The molecule has 5 heteroatoms. The van der Waals surface area contributed by atoms with E-state index in [2.05, 4.69) is 40.1 Å². The molecule has 1 heterocycles. The van der Waals surface area contributed by atoms with Crippen LogP contribution in [0.2, 0.25) is 0 Å². The highest BCUT2D eigenvalue weighted by Crippen LogP contribution is 2.31. The molecular formula is C16H21BrN2O2. The average molecular weight is 353 g/mol. The summed E-state index contributed by atoms with van der Waals surface area (Å²) >= 11 is 3.47. The number of benzene rings is 1. The maximum absolute atomic E-state index is 10.6. The Kier molecular flexibility index (Phi) is 5.96. The molecule has 0 saturated carbocycles. The van der Waals surface area contributed by atoms with Gasteiger partial charge < -0.3 is 9.84 Å². The quantitative estimate of drug-likeness (QED) is 0.829. The Hall–Kier alpha value is -1.17. The Labute approximate surface area is 133 Å². The first-order valence-electron chi connectivity index (χ1n) is 7.06. The Morgan fingerprint density at radius 3 is 2.71 bits per heavy atom. The Balaban J connectivity index is 2.09. The van der Waals surface area contributed by atoms with Crippen molar-refractivity contribution in [2.24, 2.45) is 0 Å².